The highest BCUT2D eigenvalue weighted by Crippen LogP contribution is 2.14. The number of anilines is 1. The van der Waals surface area contributed by atoms with Crippen LogP contribution in [0.3, 0.4) is 0 Å². The van der Waals surface area contributed by atoms with E-state index in [4.69, 9.17) is 0 Å². The highest BCUT2D eigenvalue weighted by atomic mass is 79.9. The zero-order valence-corrected chi connectivity index (χ0v) is 12.9. The molecule has 1 aliphatic rings. The Morgan fingerprint density at radius 1 is 1.05 bits per heavy atom. The number of benzene rings is 1. The zero-order valence-electron chi connectivity index (χ0n) is 11.3. The van der Waals surface area contributed by atoms with E-state index in [-0.39, 0.29) is 11.8 Å². The number of carbonyl (C=O) groups excluding carboxylic acids is 3. The Hall–Kier alpha value is -1.73. The van der Waals surface area contributed by atoms with Gasteiger partial charge < -0.3 is 10.6 Å². The maximum Gasteiger partial charge on any atom is 0.316 e. The van der Waals surface area contributed by atoms with Crippen molar-refractivity contribution in [3.63, 3.8) is 0 Å². The van der Waals surface area contributed by atoms with Gasteiger partial charge >= 0.3 is 11.8 Å². The van der Waals surface area contributed by atoms with Gasteiger partial charge in [-0.25, -0.2) is 0 Å². The summed E-state index contributed by atoms with van der Waals surface area (Å²) in [6.45, 7) is 1.49. The Morgan fingerprint density at radius 2 is 1.67 bits per heavy atom. The zero-order chi connectivity index (χ0) is 15.2. The number of amides is 3. The standard InChI is InChI=1S/C14H16BrN3O3/c15-10-1-3-11(4-2-10)17-13(20)14(21)18-12(19)9-5-7-16-8-6-9/h1-4,9,16H,5-8H2,(H,17,20)(H,18,19,21). The number of imide groups is 1. The number of halogens is 1. The summed E-state index contributed by atoms with van der Waals surface area (Å²) in [6, 6.07) is 6.80. The summed E-state index contributed by atoms with van der Waals surface area (Å²) in [5.41, 5.74) is 0.493. The lowest BCUT2D eigenvalue weighted by molar-refractivity contribution is -0.141. The maximum atomic E-state index is 11.9. The highest BCUT2D eigenvalue weighted by Gasteiger charge is 2.24. The lowest BCUT2D eigenvalue weighted by atomic mass is 9.97. The van der Waals surface area contributed by atoms with E-state index in [0.717, 1.165) is 17.6 Å². The Labute approximate surface area is 130 Å². The normalized spacial score (nSPS) is 15.3. The van der Waals surface area contributed by atoms with Gasteiger partial charge in [0, 0.05) is 16.1 Å². The molecule has 1 aliphatic heterocycles. The minimum atomic E-state index is -0.929. The van der Waals surface area contributed by atoms with E-state index in [1.807, 2.05) is 0 Å². The number of hydrogen-bond acceptors (Lipinski definition) is 4. The van der Waals surface area contributed by atoms with E-state index >= 15 is 0 Å². The number of hydrogen-bond donors (Lipinski definition) is 3. The van der Waals surface area contributed by atoms with Gasteiger partial charge in [-0.1, -0.05) is 15.9 Å². The molecule has 21 heavy (non-hydrogen) atoms. The first kappa shape index (κ1) is 15.7. The second-order valence-electron chi connectivity index (χ2n) is 4.80. The molecule has 3 amide bonds. The molecule has 0 spiro atoms. The molecule has 112 valence electrons. The molecule has 1 aromatic carbocycles. The van der Waals surface area contributed by atoms with Gasteiger partial charge in [-0.05, 0) is 50.2 Å². The second-order valence-corrected chi connectivity index (χ2v) is 5.72. The predicted molar refractivity (Wildman–Crippen MR) is 81.5 cm³/mol. The maximum absolute atomic E-state index is 11.9. The van der Waals surface area contributed by atoms with Gasteiger partial charge in [-0.2, -0.15) is 0 Å². The van der Waals surface area contributed by atoms with E-state index in [0.29, 0.717) is 18.5 Å². The molecule has 1 aromatic rings. The molecule has 0 atom stereocenters. The van der Waals surface area contributed by atoms with Crippen LogP contribution in [0.5, 0.6) is 0 Å². The molecular formula is C14H16BrN3O3. The fraction of sp³-hybridized carbons (Fsp3) is 0.357. The van der Waals surface area contributed by atoms with Crippen LogP contribution in [-0.4, -0.2) is 30.8 Å². The third kappa shape index (κ3) is 4.64. The first-order valence-electron chi connectivity index (χ1n) is 6.69. The summed E-state index contributed by atoms with van der Waals surface area (Å²) in [7, 11) is 0. The van der Waals surface area contributed by atoms with Crippen LogP contribution in [0.15, 0.2) is 28.7 Å². The molecule has 0 aromatic heterocycles. The predicted octanol–water partition coefficient (Wildman–Crippen LogP) is 1.03. The smallest absolute Gasteiger partial charge is 0.316 e. The largest absolute Gasteiger partial charge is 0.318 e. The van der Waals surface area contributed by atoms with Crippen LogP contribution in [0, 0.1) is 5.92 Å². The third-order valence-electron chi connectivity index (χ3n) is 3.25. The minimum Gasteiger partial charge on any atom is -0.318 e. The van der Waals surface area contributed by atoms with Crippen molar-refractivity contribution in [2.24, 2.45) is 5.92 Å². The molecule has 0 bridgehead atoms. The van der Waals surface area contributed by atoms with Crippen LogP contribution in [0.4, 0.5) is 5.69 Å². The molecule has 1 fully saturated rings. The Kier molecular flexibility index (Phi) is 5.46. The second kappa shape index (κ2) is 7.33. The average molecular weight is 354 g/mol. The van der Waals surface area contributed by atoms with Crippen molar-refractivity contribution in [3.05, 3.63) is 28.7 Å². The third-order valence-corrected chi connectivity index (χ3v) is 3.78. The summed E-state index contributed by atoms with van der Waals surface area (Å²) in [5, 5.41) is 7.73. The fourth-order valence-corrected chi connectivity index (χ4v) is 2.34. The van der Waals surface area contributed by atoms with Gasteiger partial charge in [-0.3, -0.25) is 19.7 Å². The molecule has 1 saturated heterocycles. The molecule has 6 nitrogen and oxygen atoms in total. The lowest BCUT2D eigenvalue weighted by Crippen LogP contribution is -2.44. The summed E-state index contributed by atoms with van der Waals surface area (Å²) in [6.07, 6.45) is 1.35. The van der Waals surface area contributed by atoms with E-state index in [1.165, 1.54) is 0 Å². The Balaban J connectivity index is 1.85. The van der Waals surface area contributed by atoms with Crippen molar-refractivity contribution < 1.29 is 14.4 Å². The average Bonchev–Trinajstić information content (AvgIpc) is 2.50. The first-order valence-corrected chi connectivity index (χ1v) is 7.48. The van der Waals surface area contributed by atoms with Gasteiger partial charge in [0.25, 0.3) is 0 Å². The Morgan fingerprint density at radius 3 is 2.29 bits per heavy atom. The molecular weight excluding hydrogens is 338 g/mol. The fourth-order valence-electron chi connectivity index (χ4n) is 2.08. The molecule has 7 heteroatoms. The van der Waals surface area contributed by atoms with E-state index in [1.54, 1.807) is 24.3 Å². The molecule has 0 radical (unpaired) electrons. The minimum absolute atomic E-state index is 0.212. The van der Waals surface area contributed by atoms with Gasteiger partial charge in [0.1, 0.15) is 0 Å². The van der Waals surface area contributed by atoms with Crippen LogP contribution in [-0.2, 0) is 14.4 Å². The lowest BCUT2D eigenvalue weighted by Gasteiger charge is -2.21. The molecule has 3 N–H and O–H groups in total. The van der Waals surface area contributed by atoms with Gasteiger partial charge in [0.2, 0.25) is 5.91 Å². The van der Waals surface area contributed by atoms with Crippen molar-refractivity contribution >= 4 is 39.3 Å². The molecule has 1 heterocycles. The van der Waals surface area contributed by atoms with Crippen molar-refractivity contribution in [2.45, 2.75) is 12.8 Å². The number of carbonyl (C=O) groups is 3. The number of nitrogens with one attached hydrogen (secondary N) is 3. The summed E-state index contributed by atoms with van der Waals surface area (Å²) in [4.78, 5) is 35.3. The van der Waals surface area contributed by atoms with E-state index in [9.17, 15) is 14.4 Å². The summed E-state index contributed by atoms with van der Waals surface area (Å²) >= 11 is 3.28. The van der Waals surface area contributed by atoms with Crippen LogP contribution >= 0.6 is 15.9 Å². The summed E-state index contributed by atoms with van der Waals surface area (Å²) < 4.78 is 0.867. The molecule has 0 aliphatic carbocycles. The number of rotatable bonds is 2. The highest BCUT2D eigenvalue weighted by molar-refractivity contribution is 9.10. The van der Waals surface area contributed by atoms with Crippen LogP contribution < -0.4 is 16.0 Å². The van der Waals surface area contributed by atoms with Gasteiger partial charge in [0.15, 0.2) is 0 Å². The van der Waals surface area contributed by atoms with Gasteiger partial charge in [-0.15, -0.1) is 0 Å². The van der Waals surface area contributed by atoms with Gasteiger partial charge in [0.05, 0.1) is 0 Å². The van der Waals surface area contributed by atoms with E-state index < -0.39 is 11.8 Å². The van der Waals surface area contributed by atoms with Crippen molar-refractivity contribution in [2.75, 3.05) is 18.4 Å². The first-order chi connectivity index (χ1) is 10.1. The molecule has 0 saturated carbocycles. The topological polar surface area (TPSA) is 87.3 Å². The number of piperidine rings is 1. The van der Waals surface area contributed by atoms with Crippen LogP contribution in [0.1, 0.15) is 12.8 Å². The van der Waals surface area contributed by atoms with Crippen LogP contribution in [0.25, 0.3) is 0 Å². The van der Waals surface area contributed by atoms with E-state index in [2.05, 4.69) is 31.9 Å². The van der Waals surface area contributed by atoms with Crippen LogP contribution in [0.2, 0.25) is 0 Å². The monoisotopic (exact) mass is 353 g/mol. The Bertz CT molecular complexity index is 539. The molecule has 2 rings (SSSR count). The van der Waals surface area contributed by atoms with Crippen molar-refractivity contribution in [3.8, 4) is 0 Å². The SMILES string of the molecule is O=C(NC(=O)C1CCNCC1)C(=O)Nc1ccc(Br)cc1. The van der Waals surface area contributed by atoms with Crippen molar-refractivity contribution in [1.82, 2.24) is 10.6 Å². The molecule has 0 unspecified atom stereocenters. The van der Waals surface area contributed by atoms with Crippen molar-refractivity contribution in [1.29, 1.82) is 0 Å². The quantitative estimate of drug-likeness (QED) is 0.693. The summed E-state index contributed by atoms with van der Waals surface area (Å²) in [5.74, 6) is -2.37.